The molecule has 0 saturated carbocycles. The van der Waals surface area contributed by atoms with Gasteiger partial charge in [-0.15, -0.1) is 4.83 Å². The molecule has 104 valence electrons. The molecule has 0 fully saturated rings. The molecule has 6 heteroatoms. The average Bonchev–Trinajstić information content (AvgIpc) is 2.65. The second kappa shape index (κ2) is 6.41. The van der Waals surface area contributed by atoms with Gasteiger partial charge in [-0.05, 0) is 49.9 Å². The lowest BCUT2D eigenvalue weighted by atomic mass is 10.2. The van der Waals surface area contributed by atoms with Crippen molar-refractivity contribution in [3.8, 4) is 0 Å². The van der Waals surface area contributed by atoms with E-state index in [4.69, 9.17) is 11.6 Å². The van der Waals surface area contributed by atoms with Crippen molar-refractivity contribution < 1.29 is 8.42 Å². The molecule has 0 saturated heterocycles. The highest BCUT2D eigenvalue weighted by molar-refractivity contribution is 7.89. The standard InChI is InChI=1S/C13H17ClN2O2S/c14-11-7-9-13(10-8-11)19(17,18)16-15-12-5-3-1-2-4-6-12/h5,7-10,15-16H,1-4,6H2. The normalized spacial score (nSPS) is 16.6. The van der Waals surface area contributed by atoms with E-state index in [0.29, 0.717) is 5.02 Å². The Hall–Kier alpha value is -1.04. The smallest absolute Gasteiger partial charge is 0.257 e. The van der Waals surface area contributed by atoms with Gasteiger partial charge in [0.05, 0.1) is 4.90 Å². The third-order valence-electron chi connectivity index (χ3n) is 3.01. The van der Waals surface area contributed by atoms with E-state index in [2.05, 4.69) is 16.3 Å². The fourth-order valence-electron chi connectivity index (χ4n) is 1.93. The van der Waals surface area contributed by atoms with Gasteiger partial charge in [-0.2, -0.15) is 0 Å². The van der Waals surface area contributed by atoms with Crippen LogP contribution < -0.4 is 10.3 Å². The molecule has 0 atom stereocenters. The first kappa shape index (κ1) is 14.4. The number of halogens is 1. The summed E-state index contributed by atoms with van der Waals surface area (Å²) in [6.07, 6.45) is 7.35. The lowest BCUT2D eigenvalue weighted by Gasteiger charge is -2.11. The average molecular weight is 301 g/mol. The number of rotatable bonds is 4. The molecule has 1 aliphatic carbocycles. The zero-order chi connectivity index (χ0) is 13.7. The highest BCUT2D eigenvalue weighted by Crippen LogP contribution is 2.16. The maximum atomic E-state index is 12.0. The van der Waals surface area contributed by atoms with Gasteiger partial charge in [0.25, 0.3) is 10.0 Å². The number of allylic oxidation sites excluding steroid dienone is 2. The molecule has 1 aliphatic rings. The van der Waals surface area contributed by atoms with E-state index in [-0.39, 0.29) is 4.90 Å². The molecule has 1 aromatic carbocycles. The zero-order valence-corrected chi connectivity index (χ0v) is 12.1. The molecule has 0 heterocycles. The monoisotopic (exact) mass is 300 g/mol. The lowest BCUT2D eigenvalue weighted by molar-refractivity contribution is 0.566. The molecule has 0 aliphatic heterocycles. The van der Waals surface area contributed by atoms with Gasteiger partial charge in [-0.1, -0.05) is 24.1 Å². The molecule has 0 radical (unpaired) electrons. The maximum absolute atomic E-state index is 12.0. The van der Waals surface area contributed by atoms with Crippen molar-refractivity contribution in [1.82, 2.24) is 10.3 Å². The Morgan fingerprint density at radius 2 is 1.79 bits per heavy atom. The summed E-state index contributed by atoms with van der Waals surface area (Å²) >= 11 is 5.74. The van der Waals surface area contributed by atoms with E-state index >= 15 is 0 Å². The molecule has 0 amide bonds. The summed E-state index contributed by atoms with van der Waals surface area (Å²) in [7, 11) is -3.55. The van der Waals surface area contributed by atoms with Crippen molar-refractivity contribution in [2.24, 2.45) is 0 Å². The Bertz CT molecular complexity index is 553. The first-order chi connectivity index (χ1) is 9.08. The van der Waals surface area contributed by atoms with Crippen molar-refractivity contribution in [3.63, 3.8) is 0 Å². The van der Waals surface area contributed by atoms with E-state index in [9.17, 15) is 8.42 Å². The summed E-state index contributed by atoms with van der Waals surface area (Å²) in [4.78, 5) is 2.60. The van der Waals surface area contributed by atoms with Crippen molar-refractivity contribution in [2.45, 2.75) is 37.0 Å². The number of hydrazine groups is 1. The topological polar surface area (TPSA) is 58.2 Å². The molecule has 0 aromatic heterocycles. The van der Waals surface area contributed by atoms with Crippen LogP contribution >= 0.6 is 11.6 Å². The number of hydrogen-bond acceptors (Lipinski definition) is 3. The first-order valence-corrected chi connectivity index (χ1v) is 8.16. The molecule has 0 spiro atoms. The number of sulfonamides is 1. The van der Waals surface area contributed by atoms with Crippen LogP contribution in [-0.2, 0) is 10.0 Å². The molecule has 0 unspecified atom stereocenters. The predicted molar refractivity (Wildman–Crippen MR) is 76.1 cm³/mol. The second-order valence-corrected chi connectivity index (χ2v) is 6.63. The number of hydrogen-bond donors (Lipinski definition) is 2. The van der Waals surface area contributed by atoms with E-state index in [1.807, 2.05) is 0 Å². The third kappa shape index (κ3) is 4.23. The van der Waals surface area contributed by atoms with E-state index < -0.39 is 10.0 Å². The third-order valence-corrected chi connectivity index (χ3v) is 4.53. The zero-order valence-electron chi connectivity index (χ0n) is 10.5. The van der Waals surface area contributed by atoms with Crippen molar-refractivity contribution in [2.75, 3.05) is 0 Å². The fraction of sp³-hybridized carbons (Fsp3) is 0.385. The van der Waals surface area contributed by atoms with Gasteiger partial charge in [0.15, 0.2) is 0 Å². The highest BCUT2D eigenvalue weighted by atomic mass is 35.5. The van der Waals surface area contributed by atoms with Gasteiger partial charge >= 0.3 is 0 Å². The van der Waals surface area contributed by atoms with Crippen LogP contribution in [0.2, 0.25) is 5.02 Å². The van der Waals surface area contributed by atoms with Gasteiger partial charge in [-0.3, -0.25) is 0 Å². The minimum Gasteiger partial charge on any atom is -0.312 e. The van der Waals surface area contributed by atoms with Crippen LogP contribution in [0.4, 0.5) is 0 Å². The van der Waals surface area contributed by atoms with Gasteiger partial charge in [0.1, 0.15) is 0 Å². The van der Waals surface area contributed by atoms with Crippen LogP contribution in [0.25, 0.3) is 0 Å². The molecular weight excluding hydrogens is 284 g/mol. The molecule has 4 nitrogen and oxygen atoms in total. The van der Waals surface area contributed by atoms with Crippen molar-refractivity contribution >= 4 is 21.6 Å². The molecule has 1 aromatic rings. The highest BCUT2D eigenvalue weighted by Gasteiger charge is 2.14. The Labute approximate surface area is 118 Å². The predicted octanol–water partition coefficient (Wildman–Crippen LogP) is 2.97. The van der Waals surface area contributed by atoms with E-state index in [1.165, 1.54) is 18.6 Å². The Morgan fingerprint density at radius 1 is 1.05 bits per heavy atom. The van der Waals surface area contributed by atoms with Crippen LogP contribution in [0, 0.1) is 0 Å². The molecule has 0 bridgehead atoms. The quantitative estimate of drug-likeness (QED) is 0.841. The first-order valence-electron chi connectivity index (χ1n) is 6.30. The number of nitrogens with one attached hydrogen (secondary N) is 2. The van der Waals surface area contributed by atoms with Gasteiger partial charge in [0.2, 0.25) is 0 Å². The van der Waals surface area contributed by atoms with Gasteiger partial charge < -0.3 is 5.43 Å². The van der Waals surface area contributed by atoms with Crippen molar-refractivity contribution in [3.05, 3.63) is 41.1 Å². The summed E-state index contributed by atoms with van der Waals surface area (Å²) in [5.41, 5.74) is 3.74. The fourth-order valence-corrected chi connectivity index (χ4v) is 2.94. The Kier molecular flexibility index (Phi) is 4.85. The Balaban J connectivity index is 2.01. The molecule has 19 heavy (non-hydrogen) atoms. The SMILES string of the molecule is O=S(=O)(NNC1=CCCCCC1)c1ccc(Cl)cc1. The molecule has 2 N–H and O–H groups in total. The van der Waals surface area contributed by atoms with Crippen LogP contribution in [0.15, 0.2) is 40.9 Å². The molecular formula is C13H17ClN2O2S. The largest absolute Gasteiger partial charge is 0.312 e. The van der Waals surface area contributed by atoms with Crippen LogP contribution in [0.3, 0.4) is 0 Å². The molecule has 2 rings (SSSR count). The second-order valence-electron chi connectivity index (χ2n) is 4.51. The van der Waals surface area contributed by atoms with Gasteiger partial charge in [-0.25, -0.2) is 8.42 Å². The summed E-state index contributed by atoms with van der Waals surface area (Å²) in [5, 5.41) is 0.512. The van der Waals surface area contributed by atoms with E-state index in [1.54, 1.807) is 12.1 Å². The maximum Gasteiger partial charge on any atom is 0.257 e. The minimum atomic E-state index is -3.55. The van der Waals surface area contributed by atoms with Crippen molar-refractivity contribution in [1.29, 1.82) is 0 Å². The van der Waals surface area contributed by atoms with E-state index in [0.717, 1.165) is 31.4 Å². The van der Waals surface area contributed by atoms with Crippen LogP contribution in [-0.4, -0.2) is 8.42 Å². The summed E-state index contributed by atoms with van der Waals surface area (Å²) in [6.45, 7) is 0. The van der Waals surface area contributed by atoms with Crippen LogP contribution in [0.5, 0.6) is 0 Å². The summed E-state index contributed by atoms with van der Waals surface area (Å²) in [5.74, 6) is 0. The minimum absolute atomic E-state index is 0.193. The Morgan fingerprint density at radius 3 is 2.53 bits per heavy atom. The summed E-state index contributed by atoms with van der Waals surface area (Å²) < 4.78 is 24.1. The lowest BCUT2D eigenvalue weighted by Crippen LogP contribution is -2.36. The van der Waals surface area contributed by atoms with Crippen LogP contribution in [0.1, 0.15) is 32.1 Å². The summed E-state index contributed by atoms with van der Waals surface area (Å²) in [6, 6.07) is 6.07. The van der Waals surface area contributed by atoms with Gasteiger partial charge in [0, 0.05) is 10.7 Å². The number of benzene rings is 1.